The van der Waals surface area contributed by atoms with Gasteiger partial charge < -0.3 is 10.2 Å². The lowest BCUT2D eigenvalue weighted by Crippen LogP contribution is -2.34. The van der Waals surface area contributed by atoms with Crippen LogP contribution in [0.2, 0.25) is 0 Å². The summed E-state index contributed by atoms with van der Waals surface area (Å²) >= 11 is 0. The molecule has 0 saturated heterocycles. The van der Waals surface area contributed by atoms with Gasteiger partial charge in [0.1, 0.15) is 0 Å². The quantitative estimate of drug-likeness (QED) is 0.748. The molecule has 0 aliphatic carbocycles. The summed E-state index contributed by atoms with van der Waals surface area (Å²) in [6.45, 7) is 2.28. The Kier molecular flexibility index (Phi) is 3.39. The van der Waals surface area contributed by atoms with E-state index in [0.29, 0.717) is 6.54 Å². The highest BCUT2D eigenvalue weighted by atomic mass is 16.2. The smallest absolute Gasteiger partial charge is 0.317 e. The van der Waals surface area contributed by atoms with Gasteiger partial charge in [-0.1, -0.05) is 0 Å². The van der Waals surface area contributed by atoms with Crippen molar-refractivity contribution in [2.75, 3.05) is 14.1 Å². The standard InChI is InChI=1S/C9H14N4O/c1-7-4-11-8(5-10-7)6-12-9(14)13(2)3/h4-5H,6H2,1-3H3,(H,12,14). The summed E-state index contributed by atoms with van der Waals surface area (Å²) < 4.78 is 0. The van der Waals surface area contributed by atoms with Crippen LogP contribution in [0.3, 0.4) is 0 Å². The highest BCUT2D eigenvalue weighted by Crippen LogP contribution is 1.93. The SMILES string of the molecule is Cc1cnc(CNC(=O)N(C)C)cn1. The number of carbonyl (C=O) groups is 1. The predicted molar refractivity (Wildman–Crippen MR) is 52.7 cm³/mol. The molecule has 1 N–H and O–H groups in total. The van der Waals surface area contributed by atoms with Crippen LogP contribution in [0.15, 0.2) is 12.4 Å². The molecule has 0 spiro atoms. The van der Waals surface area contributed by atoms with E-state index in [9.17, 15) is 4.79 Å². The van der Waals surface area contributed by atoms with Gasteiger partial charge in [0.25, 0.3) is 0 Å². The average molecular weight is 194 g/mol. The first kappa shape index (κ1) is 10.4. The number of carbonyl (C=O) groups excluding carboxylic acids is 1. The second kappa shape index (κ2) is 4.55. The van der Waals surface area contributed by atoms with E-state index in [4.69, 9.17) is 0 Å². The molecule has 1 aromatic heterocycles. The van der Waals surface area contributed by atoms with Gasteiger partial charge in [0.05, 0.1) is 24.1 Å². The van der Waals surface area contributed by atoms with Crippen molar-refractivity contribution in [3.8, 4) is 0 Å². The van der Waals surface area contributed by atoms with Crippen molar-refractivity contribution < 1.29 is 4.79 Å². The first-order chi connectivity index (χ1) is 6.59. The first-order valence-electron chi connectivity index (χ1n) is 4.32. The Bertz CT molecular complexity index is 307. The summed E-state index contributed by atoms with van der Waals surface area (Å²) in [4.78, 5) is 20.8. The minimum Gasteiger partial charge on any atom is -0.332 e. The maximum atomic E-state index is 11.1. The van der Waals surface area contributed by atoms with Gasteiger partial charge >= 0.3 is 6.03 Å². The number of hydrogen-bond donors (Lipinski definition) is 1. The predicted octanol–water partition coefficient (Wildman–Crippen LogP) is 0.556. The van der Waals surface area contributed by atoms with Crippen LogP contribution >= 0.6 is 0 Å². The zero-order chi connectivity index (χ0) is 10.6. The van der Waals surface area contributed by atoms with Crippen LogP contribution in [0.1, 0.15) is 11.4 Å². The van der Waals surface area contributed by atoms with E-state index in [1.807, 2.05) is 6.92 Å². The van der Waals surface area contributed by atoms with Gasteiger partial charge in [-0.15, -0.1) is 0 Å². The molecule has 1 heterocycles. The van der Waals surface area contributed by atoms with E-state index in [-0.39, 0.29) is 6.03 Å². The number of aryl methyl sites for hydroxylation is 1. The summed E-state index contributed by atoms with van der Waals surface area (Å²) in [5, 5.41) is 2.70. The Hall–Kier alpha value is -1.65. The molecule has 0 aliphatic heterocycles. The third kappa shape index (κ3) is 3.01. The number of hydrogen-bond acceptors (Lipinski definition) is 3. The maximum absolute atomic E-state index is 11.1. The zero-order valence-electron chi connectivity index (χ0n) is 8.61. The van der Waals surface area contributed by atoms with Crippen LogP contribution in [0.4, 0.5) is 4.79 Å². The summed E-state index contributed by atoms with van der Waals surface area (Å²) in [5.41, 5.74) is 1.62. The molecular weight excluding hydrogens is 180 g/mol. The van der Waals surface area contributed by atoms with Gasteiger partial charge in [-0.2, -0.15) is 0 Å². The molecule has 0 radical (unpaired) electrons. The van der Waals surface area contributed by atoms with Gasteiger partial charge in [0, 0.05) is 20.3 Å². The van der Waals surface area contributed by atoms with E-state index in [2.05, 4.69) is 15.3 Å². The Balaban J connectivity index is 2.46. The number of aromatic nitrogens is 2. The van der Waals surface area contributed by atoms with Gasteiger partial charge in [0.15, 0.2) is 0 Å². The Labute approximate surface area is 83.2 Å². The molecule has 14 heavy (non-hydrogen) atoms. The highest BCUT2D eigenvalue weighted by molar-refractivity contribution is 5.73. The normalized spacial score (nSPS) is 9.64. The number of amides is 2. The van der Waals surface area contributed by atoms with E-state index in [1.165, 1.54) is 4.90 Å². The first-order valence-corrected chi connectivity index (χ1v) is 4.32. The van der Waals surface area contributed by atoms with Crippen molar-refractivity contribution in [3.05, 3.63) is 23.8 Å². The Morgan fingerprint density at radius 1 is 1.43 bits per heavy atom. The molecule has 0 aliphatic rings. The molecular formula is C9H14N4O. The van der Waals surface area contributed by atoms with Crippen molar-refractivity contribution in [2.45, 2.75) is 13.5 Å². The fraction of sp³-hybridized carbons (Fsp3) is 0.444. The molecule has 5 nitrogen and oxygen atoms in total. The molecule has 0 unspecified atom stereocenters. The molecule has 5 heteroatoms. The lowest BCUT2D eigenvalue weighted by atomic mass is 10.4. The lowest BCUT2D eigenvalue weighted by Gasteiger charge is -2.11. The van der Waals surface area contributed by atoms with E-state index < -0.39 is 0 Å². The van der Waals surface area contributed by atoms with Crippen LogP contribution in [-0.2, 0) is 6.54 Å². The molecule has 0 fully saturated rings. The van der Waals surface area contributed by atoms with Crippen molar-refractivity contribution in [1.82, 2.24) is 20.2 Å². The van der Waals surface area contributed by atoms with Crippen molar-refractivity contribution in [1.29, 1.82) is 0 Å². The van der Waals surface area contributed by atoms with Crippen molar-refractivity contribution in [2.24, 2.45) is 0 Å². The number of nitrogens with one attached hydrogen (secondary N) is 1. The highest BCUT2D eigenvalue weighted by Gasteiger charge is 2.02. The molecule has 1 rings (SSSR count). The van der Waals surface area contributed by atoms with Crippen LogP contribution in [-0.4, -0.2) is 35.0 Å². The summed E-state index contributed by atoms with van der Waals surface area (Å²) in [5.74, 6) is 0. The molecule has 0 aromatic carbocycles. The Morgan fingerprint density at radius 2 is 2.14 bits per heavy atom. The third-order valence-corrected chi connectivity index (χ3v) is 1.66. The van der Waals surface area contributed by atoms with E-state index in [1.54, 1.807) is 26.5 Å². The fourth-order valence-corrected chi connectivity index (χ4v) is 0.835. The summed E-state index contributed by atoms with van der Waals surface area (Å²) in [6.07, 6.45) is 3.34. The molecule has 2 amide bonds. The minimum absolute atomic E-state index is 0.132. The zero-order valence-corrected chi connectivity index (χ0v) is 8.61. The maximum Gasteiger partial charge on any atom is 0.317 e. The Morgan fingerprint density at radius 3 is 2.64 bits per heavy atom. The monoisotopic (exact) mass is 194 g/mol. The largest absolute Gasteiger partial charge is 0.332 e. The fourth-order valence-electron chi connectivity index (χ4n) is 0.835. The molecule has 0 atom stereocenters. The van der Waals surface area contributed by atoms with Crippen molar-refractivity contribution >= 4 is 6.03 Å². The van der Waals surface area contributed by atoms with Crippen LogP contribution < -0.4 is 5.32 Å². The van der Waals surface area contributed by atoms with Crippen molar-refractivity contribution in [3.63, 3.8) is 0 Å². The van der Waals surface area contributed by atoms with E-state index >= 15 is 0 Å². The average Bonchev–Trinajstić information content (AvgIpc) is 2.16. The minimum atomic E-state index is -0.132. The number of nitrogens with zero attached hydrogens (tertiary/aromatic N) is 3. The summed E-state index contributed by atoms with van der Waals surface area (Å²) in [7, 11) is 3.38. The number of urea groups is 1. The summed E-state index contributed by atoms with van der Waals surface area (Å²) in [6, 6.07) is -0.132. The van der Waals surface area contributed by atoms with Crippen LogP contribution in [0.5, 0.6) is 0 Å². The number of rotatable bonds is 2. The van der Waals surface area contributed by atoms with Gasteiger partial charge in [-0.25, -0.2) is 4.79 Å². The molecule has 0 bridgehead atoms. The molecule has 1 aromatic rings. The van der Waals surface area contributed by atoms with Gasteiger partial charge in [-0.3, -0.25) is 9.97 Å². The second-order valence-corrected chi connectivity index (χ2v) is 3.20. The van der Waals surface area contributed by atoms with Crippen LogP contribution in [0.25, 0.3) is 0 Å². The molecule has 76 valence electrons. The van der Waals surface area contributed by atoms with Gasteiger partial charge in [-0.05, 0) is 6.92 Å². The van der Waals surface area contributed by atoms with E-state index in [0.717, 1.165) is 11.4 Å². The van der Waals surface area contributed by atoms with Gasteiger partial charge in [0.2, 0.25) is 0 Å². The van der Waals surface area contributed by atoms with Crippen LogP contribution in [0, 0.1) is 6.92 Å². The lowest BCUT2D eigenvalue weighted by molar-refractivity contribution is 0.217. The molecule has 0 saturated carbocycles. The third-order valence-electron chi connectivity index (χ3n) is 1.66. The second-order valence-electron chi connectivity index (χ2n) is 3.20. The topological polar surface area (TPSA) is 58.1 Å².